The third kappa shape index (κ3) is 3.58. The smallest absolute Gasteiger partial charge is 0.0897 e. The summed E-state index contributed by atoms with van der Waals surface area (Å²) in [5.74, 6) is 2.63. The van der Waals surface area contributed by atoms with Crippen molar-refractivity contribution in [3.05, 3.63) is 16.1 Å². The van der Waals surface area contributed by atoms with Crippen LogP contribution in [0.1, 0.15) is 24.0 Å². The molecular weight excluding hydrogens is 180 g/mol. The van der Waals surface area contributed by atoms with Gasteiger partial charge in [-0.2, -0.15) is 0 Å². The van der Waals surface area contributed by atoms with E-state index in [-0.39, 0.29) is 0 Å². The van der Waals surface area contributed by atoms with Crippen molar-refractivity contribution in [2.24, 2.45) is 0 Å². The third-order valence-electron chi connectivity index (χ3n) is 1.72. The van der Waals surface area contributed by atoms with Gasteiger partial charge in [0.2, 0.25) is 0 Å². The molecule has 0 amide bonds. The number of nitrogens with one attached hydrogen (secondary N) is 1. The lowest BCUT2D eigenvalue weighted by Gasteiger charge is -2.08. The standard InChI is InChI=1S/C10H14N2S/c1-4-5-8(2)11-6-10-7-13-9(3)12-10/h1,7-8,11H,5-6H2,2-3H3. The highest BCUT2D eigenvalue weighted by molar-refractivity contribution is 7.09. The maximum Gasteiger partial charge on any atom is 0.0897 e. The fraction of sp³-hybridized carbons (Fsp3) is 0.500. The molecule has 0 spiro atoms. The number of hydrogen-bond acceptors (Lipinski definition) is 3. The van der Waals surface area contributed by atoms with Crippen LogP contribution >= 0.6 is 11.3 Å². The summed E-state index contributed by atoms with van der Waals surface area (Å²) < 4.78 is 0. The van der Waals surface area contributed by atoms with Gasteiger partial charge >= 0.3 is 0 Å². The molecule has 0 saturated heterocycles. The van der Waals surface area contributed by atoms with E-state index in [0.29, 0.717) is 6.04 Å². The summed E-state index contributed by atoms with van der Waals surface area (Å²) in [4.78, 5) is 4.35. The molecule has 0 aliphatic carbocycles. The zero-order chi connectivity index (χ0) is 9.68. The average molecular weight is 194 g/mol. The Morgan fingerprint density at radius 2 is 2.54 bits per heavy atom. The molecule has 0 aliphatic rings. The molecule has 3 heteroatoms. The summed E-state index contributed by atoms with van der Waals surface area (Å²) in [6.45, 7) is 4.91. The van der Waals surface area contributed by atoms with Crippen LogP contribution in [0.15, 0.2) is 5.38 Å². The number of thiazole rings is 1. The quantitative estimate of drug-likeness (QED) is 0.741. The molecule has 0 radical (unpaired) electrons. The van der Waals surface area contributed by atoms with Crippen molar-refractivity contribution in [3.8, 4) is 12.3 Å². The maximum atomic E-state index is 5.20. The largest absolute Gasteiger partial charge is 0.308 e. The van der Waals surface area contributed by atoms with Crippen LogP contribution in [-0.4, -0.2) is 11.0 Å². The van der Waals surface area contributed by atoms with Gasteiger partial charge in [0.1, 0.15) is 0 Å². The van der Waals surface area contributed by atoms with Gasteiger partial charge in [-0.15, -0.1) is 23.7 Å². The minimum Gasteiger partial charge on any atom is -0.308 e. The summed E-state index contributed by atoms with van der Waals surface area (Å²) in [7, 11) is 0. The van der Waals surface area contributed by atoms with Crippen molar-refractivity contribution < 1.29 is 0 Å². The molecule has 1 heterocycles. The monoisotopic (exact) mass is 194 g/mol. The highest BCUT2D eigenvalue weighted by Gasteiger charge is 2.01. The van der Waals surface area contributed by atoms with Crippen molar-refractivity contribution in [1.82, 2.24) is 10.3 Å². The summed E-state index contributed by atoms with van der Waals surface area (Å²) in [5, 5.41) is 6.50. The molecule has 70 valence electrons. The highest BCUT2D eigenvalue weighted by Crippen LogP contribution is 2.07. The molecule has 1 rings (SSSR count). The van der Waals surface area contributed by atoms with Crippen LogP contribution in [0.5, 0.6) is 0 Å². The van der Waals surface area contributed by atoms with Gasteiger partial charge in [0.15, 0.2) is 0 Å². The summed E-state index contributed by atoms with van der Waals surface area (Å²) in [5.41, 5.74) is 1.10. The Bertz CT molecular complexity index is 298. The summed E-state index contributed by atoms with van der Waals surface area (Å²) in [6, 6.07) is 0.368. The van der Waals surface area contributed by atoms with Gasteiger partial charge < -0.3 is 5.32 Å². The molecule has 0 saturated carbocycles. The van der Waals surface area contributed by atoms with Gasteiger partial charge in [-0.3, -0.25) is 0 Å². The zero-order valence-corrected chi connectivity index (χ0v) is 8.82. The van der Waals surface area contributed by atoms with E-state index in [2.05, 4.69) is 28.5 Å². The molecule has 0 aromatic carbocycles. The fourth-order valence-electron chi connectivity index (χ4n) is 1.02. The molecule has 0 bridgehead atoms. The Hall–Kier alpha value is -0.850. The first-order chi connectivity index (χ1) is 6.22. The molecule has 1 unspecified atom stereocenters. The molecule has 0 fully saturated rings. The van der Waals surface area contributed by atoms with Gasteiger partial charge in [0.25, 0.3) is 0 Å². The van der Waals surface area contributed by atoms with Gasteiger partial charge in [0.05, 0.1) is 10.7 Å². The third-order valence-corrected chi connectivity index (χ3v) is 2.54. The molecule has 1 aromatic rings. The lowest BCUT2D eigenvalue weighted by molar-refractivity contribution is 0.554. The Labute approximate surface area is 83.4 Å². The minimum absolute atomic E-state index is 0.368. The summed E-state index contributed by atoms with van der Waals surface area (Å²) in [6.07, 6.45) is 5.97. The Morgan fingerprint density at radius 3 is 3.08 bits per heavy atom. The maximum absolute atomic E-state index is 5.20. The van der Waals surface area contributed by atoms with E-state index >= 15 is 0 Å². The van der Waals surface area contributed by atoms with Crippen molar-refractivity contribution >= 4 is 11.3 Å². The first-order valence-electron chi connectivity index (χ1n) is 4.30. The second-order valence-corrected chi connectivity index (χ2v) is 4.11. The normalized spacial score (nSPS) is 12.4. The van der Waals surface area contributed by atoms with Crippen molar-refractivity contribution in [3.63, 3.8) is 0 Å². The van der Waals surface area contributed by atoms with E-state index in [9.17, 15) is 0 Å². The van der Waals surface area contributed by atoms with E-state index in [1.54, 1.807) is 11.3 Å². The minimum atomic E-state index is 0.368. The lowest BCUT2D eigenvalue weighted by atomic mass is 10.2. The van der Waals surface area contributed by atoms with E-state index in [0.717, 1.165) is 23.7 Å². The van der Waals surface area contributed by atoms with E-state index in [4.69, 9.17) is 6.42 Å². The Balaban J connectivity index is 2.31. The van der Waals surface area contributed by atoms with E-state index < -0.39 is 0 Å². The van der Waals surface area contributed by atoms with E-state index in [1.165, 1.54) is 0 Å². The first kappa shape index (κ1) is 10.2. The van der Waals surface area contributed by atoms with Crippen LogP contribution in [0.25, 0.3) is 0 Å². The second kappa shape index (κ2) is 5.00. The average Bonchev–Trinajstić information content (AvgIpc) is 2.49. The molecule has 1 atom stereocenters. The molecule has 13 heavy (non-hydrogen) atoms. The lowest BCUT2D eigenvalue weighted by Crippen LogP contribution is -2.24. The zero-order valence-electron chi connectivity index (χ0n) is 8.00. The SMILES string of the molecule is C#CCC(C)NCc1csc(C)n1. The number of terminal acetylenes is 1. The Kier molecular flexibility index (Phi) is 3.94. The van der Waals surface area contributed by atoms with Gasteiger partial charge in [-0.1, -0.05) is 0 Å². The van der Waals surface area contributed by atoms with Crippen LogP contribution in [-0.2, 0) is 6.54 Å². The number of aromatic nitrogens is 1. The number of nitrogens with zero attached hydrogens (tertiary/aromatic N) is 1. The van der Waals surface area contributed by atoms with E-state index in [1.807, 2.05) is 6.92 Å². The number of hydrogen-bond donors (Lipinski definition) is 1. The highest BCUT2D eigenvalue weighted by atomic mass is 32.1. The predicted molar refractivity (Wildman–Crippen MR) is 56.6 cm³/mol. The van der Waals surface area contributed by atoms with Crippen LogP contribution < -0.4 is 5.32 Å². The molecule has 1 N–H and O–H groups in total. The van der Waals surface area contributed by atoms with Crippen LogP contribution in [0.4, 0.5) is 0 Å². The molecular formula is C10H14N2S. The van der Waals surface area contributed by atoms with Crippen molar-refractivity contribution in [2.45, 2.75) is 32.9 Å². The van der Waals surface area contributed by atoms with Crippen molar-refractivity contribution in [1.29, 1.82) is 0 Å². The second-order valence-electron chi connectivity index (χ2n) is 3.05. The van der Waals surface area contributed by atoms with Gasteiger partial charge in [-0.05, 0) is 13.8 Å². The van der Waals surface area contributed by atoms with Crippen LogP contribution in [0.3, 0.4) is 0 Å². The number of rotatable bonds is 4. The molecule has 1 aromatic heterocycles. The predicted octanol–water partition coefficient (Wildman–Crippen LogP) is 1.95. The van der Waals surface area contributed by atoms with Crippen LogP contribution in [0.2, 0.25) is 0 Å². The number of aryl methyl sites for hydroxylation is 1. The van der Waals surface area contributed by atoms with Gasteiger partial charge in [-0.25, -0.2) is 4.98 Å². The molecule has 0 aliphatic heterocycles. The topological polar surface area (TPSA) is 24.9 Å². The fourth-order valence-corrected chi connectivity index (χ4v) is 1.63. The molecule has 2 nitrogen and oxygen atoms in total. The Morgan fingerprint density at radius 1 is 1.77 bits per heavy atom. The van der Waals surface area contributed by atoms with Crippen molar-refractivity contribution in [2.75, 3.05) is 0 Å². The van der Waals surface area contributed by atoms with Gasteiger partial charge in [0, 0.05) is 24.4 Å². The first-order valence-corrected chi connectivity index (χ1v) is 5.18. The summed E-state index contributed by atoms with van der Waals surface area (Å²) >= 11 is 1.68. The van der Waals surface area contributed by atoms with Crippen LogP contribution in [0, 0.1) is 19.3 Å².